The molecule has 0 aliphatic carbocycles. The Morgan fingerprint density at radius 3 is 3.09 bits per heavy atom. The van der Waals surface area contributed by atoms with Gasteiger partial charge in [0, 0.05) is 6.54 Å². The Balaban J connectivity index is 2.53. The normalized spacial score (nSPS) is 9.45. The van der Waals surface area contributed by atoms with Crippen molar-refractivity contribution in [3.05, 3.63) is 12.2 Å². The minimum Gasteiger partial charge on any atom is -0.252 e. The molecule has 1 aromatic heterocycles. The number of aromatic nitrogens is 3. The molecule has 0 aliphatic heterocycles. The number of nitrogens with zero attached hydrogens (tertiary/aromatic N) is 4. The largest absolute Gasteiger partial charge is 0.252 e. The van der Waals surface area contributed by atoms with Gasteiger partial charge in [-0.25, -0.2) is 4.98 Å². The second kappa shape index (κ2) is 3.71. The molecule has 1 rings (SSSR count). The fourth-order valence-electron chi connectivity index (χ4n) is 0.774. The Bertz CT molecular complexity index is 258. The van der Waals surface area contributed by atoms with E-state index >= 15 is 0 Å². The molecule has 0 N–H and O–H groups in total. The van der Waals surface area contributed by atoms with Crippen molar-refractivity contribution in [1.29, 1.82) is 5.26 Å². The van der Waals surface area contributed by atoms with Crippen LogP contribution in [0.15, 0.2) is 6.33 Å². The molecule has 0 spiro atoms. The molecule has 0 radical (unpaired) electrons. The predicted octanol–water partition coefficient (Wildman–Crippen LogP) is 0.950. The van der Waals surface area contributed by atoms with E-state index in [0.717, 1.165) is 19.4 Å². The molecular formula is C7H10N4. The lowest BCUT2D eigenvalue weighted by molar-refractivity contribution is 0.569. The lowest BCUT2D eigenvalue weighted by Gasteiger charge is -1.94. The van der Waals surface area contributed by atoms with Crippen molar-refractivity contribution in [1.82, 2.24) is 14.8 Å². The van der Waals surface area contributed by atoms with Crippen LogP contribution in [0.5, 0.6) is 0 Å². The number of hydrogen-bond donors (Lipinski definition) is 0. The zero-order valence-corrected chi connectivity index (χ0v) is 6.49. The van der Waals surface area contributed by atoms with Crippen LogP contribution in [0.4, 0.5) is 0 Å². The second-order valence-corrected chi connectivity index (χ2v) is 2.30. The van der Waals surface area contributed by atoms with E-state index in [0.29, 0.717) is 0 Å². The lowest BCUT2D eigenvalue weighted by Crippen LogP contribution is -1.97. The minimum atomic E-state index is 0.251. The molecule has 58 valence electrons. The third-order valence-corrected chi connectivity index (χ3v) is 1.38. The maximum atomic E-state index is 8.39. The van der Waals surface area contributed by atoms with Gasteiger partial charge < -0.3 is 0 Å². The number of hydrogen-bond acceptors (Lipinski definition) is 3. The molecule has 0 fully saturated rings. The van der Waals surface area contributed by atoms with E-state index in [1.54, 1.807) is 11.0 Å². The van der Waals surface area contributed by atoms with Gasteiger partial charge in [0.2, 0.25) is 0 Å². The van der Waals surface area contributed by atoms with E-state index in [1.165, 1.54) is 0 Å². The fourth-order valence-corrected chi connectivity index (χ4v) is 0.774. The van der Waals surface area contributed by atoms with Gasteiger partial charge in [0.1, 0.15) is 12.4 Å². The van der Waals surface area contributed by atoms with Gasteiger partial charge in [-0.05, 0) is 6.42 Å². The summed E-state index contributed by atoms with van der Waals surface area (Å²) in [6.07, 6.45) is 3.80. The lowest BCUT2D eigenvalue weighted by atomic mass is 10.3. The highest BCUT2D eigenvalue weighted by Gasteiger charge is 1.96. The Hall–Kier alpha value is -1.37. The topological polar surface area (TPSA) is 54.5 Å². The number of rotatable bonds is 3. The molecule has 1 aromatic rings. The molecule has 0 unspecified atom stereocenters. The summed E-state index contributed by atoms with van der Waals surface area (Å²) < 4.78 is 1.70. The summed E-state index contributed by atoms with van der Waals surface area (Å²) in [5, 5.41) is 12.3. The third-order valence-electron chi connectivity index (χ3n) is 1.38. The van der Waals surface area contributed by atoms with Crippen LogP contribution in [-0.2, 0) is 6.54 Å². The average Bonchev–Trinajstić information content (AvgIpc) is 2.48. The van der Waals surface area contributed by atoms with Crippen LogP contribution in [0.25, 0.3) is 0 Å². The summed E-state index contributed by atoms with van der Waals surface area (Å²) in [4.78, 5) is 3.78. The minimum absolute atomic E-state index is 0.251. The van der Waals surface area contributed by atoms with Crippen molar-refractivity contribution in [2.75, 3.05) is 0 Å². The summed E-state index contributed by atoms with van der Waals surface area (Å²) in [6.45, 7) is 2.97. The zero-order chi connectivity index (χ0) is 8.10. The molecule has 11 heavy (non-hydrogen) atoms. The van der Waals surface area contributed by atoms with E-state index in [9.17, 15) is 0 Å². The first-order chi connectivity index (χ1) is 5.36. The van der Waals surface area contributed by atoms with Gasteiger partial charge in [-0.15, -0.1) is 5.10 Å². The molecular weight excluding hydrogens is 140 g/mol. The SMILES string of the molecule is CCCCn1cnc(C#N)n1. The smallest absolute Gasteiger partial charge is 0.252 e. The summed E-state index contributed by atoms with van der Waals surface area (Å²) in [5.41, 5.74) is 0. The van der Waals surface area contributed by atoms with Gasteiger partial charge >= 0.3 is 0 Å². The van der Waals surface area contributed by atoms with Gasteiger partial charge in [-0.2, -0.15) is 5.26 Å². The van der Waals surface area contributed by atoms with Crippen LogP contribution in [-0.4, -0.2) is 14.8 Å². The first-order valence-corrected chi connectivity index (χ1v) is 3.66. The van der Waals surface area contributed by atoms with Crippen molar-refractivity contribution in [2.24, 2.45) is 0 Å². The first kappa shape index (κ1) is 7.73. The number of unbranched alkanes of at least 4 members (excludes halogenated alkanes) is 1. The van der Waals surface area contributed by atoms with Gasteiger partial charge in [0.25, 0.3) is 5.82 Å². The molecule has 0 saturated heterocycles. The second-order valence-electron chi connectivity index (χ2n) is 2.30. The average molecular weight is 150 g/mol. The van der Waals surface area contributed by atoms with Gasteiger partial charge in [0.15, 0.2) is 0 Å². The van der Waals surface area contributed by atoms with Crippen molar-refractivity contribution in [3.63, 3.8) is 0 Å². The molecule has 0 bridgehead atoms. The number of aryl methyl sites for hydroxylation is 1. The Morgan fingerprint density at radius 2 is 2.55 bits per heavy atom. The van der Waals surface area contributed by atoms with Crippen molar-refractivity contribution < 1.29 is 0 Å². The molecule has 0 atom stereocenters. The Morgan fingerprint density at radius 1 is 1.73 bits per heavy atom. The standard InChI is InChI=1S/C7H10N4/c1-2-3-4-11-6-9-7(5-8)10-11/h6H,2-4H2,1H3. The van der Waals surface area contributed by atoms with Crippen LogP contribution < -0.4 is 0 Å². The summed E-state index contributed by atoms with van der Waals surface area (Å²) in [6, 6.07) is 1.88. The van der Waals surface area contributed by atoms with E-state index < -0.39 is 0 Å². The zero-order valence-electron chi connectivity index (χ0n) is 6.49. The van der Waals surface area contributed by atoms with Gasteiger partial charge in [-0.1, -0.05) is 13.3 Å². The maximum absolute atomic E-state index is 8.39. The van der Waals surface area contributed by atoms with Crippen LogP contribution in [0.3, 0.4) is 0 Å². The highest BCUT2D eigenvalue weighted by atomic mass is 15.3. The van der Waals surface area contributed by atoms with Crippen molar-refractivity contribution >= 4 is 0 Å². The highest BCUT2D eigenvalue weighted by molar-refractivity contribution is 5.05. The monoisotopic (exact) mass is 150 g/mol. The van der Waals surface area contributed by atoms with Crippen LogP contribution in [0, 0.1) is 11.3 Å². The molecule has 4 heteroatoms. The summed E-state index contributed by atoms with van der Waals surface area (Å²) in [7, 11) is 0. The molecule has 0 saturated carbocycles. The van der Waals surface area contributed by atoms with Crippen molar-refractivity contribution in [2.45, 2.75) is 26.3 Å². The highest BCUT2D eigenvalue weighted by Crippen LogP contribution is 1.92. The van der Waals surface area contributed by atoms with Gasteiger partial charge in [0.05, 0.1) is 0 Å². The van der Waals surface area contributed by atoms with Crippen molar-refractivity contribution in [3.8, 4) is 6.07 Å². The van der Waals surface area contributed by atoms with E-state index in [-0.39, 0.29) is 5.82 Å². The molecule has 0 aromatic carbocycles. The van der Waals surface area contributed by atoms with E-state index in [4.69, 9.17) is 5.26 Å². The summed E-state index contributed by atoms with van der Waals surface area (Å²) in [5.74, 6) is 0.251. The predicted molar refractivity (Wildman–Crippen MR) is 39.6 cm³/mol. The Labute approximate surface area is 65.5 Å². The van der Waals surface area contributed by atoms with Crippen LogP contribution >= 0.6 is 0 Å². The molecule has 0 amide bonds. The summed E-state index contributed by atoms with van der Waals surface area (Å²) >= 11 is 0. The third kappa shape index (κ3) is 2.04. The Kier molecular flexibility index (Phi) is 2.61. The molecule has 0 aliphatic rings. The fraction of sp³-hybridized carbons (Fsp3) is 0.571. The quantitative estimate of drug-likeness (QED) is 0.644. The maximum Gasteiger partial charge on any atom is 0.252 e. The molecule has 4 nitrogen and oxygen atoms in total. The van der Waals surface area contributed by atoms with Crippen LogP contribution in [0.2, 0.25) is 0 Å². The van der Waals surface area contributed by atoms with Gasteiger partial charge in [-0.3, -0.25) is 4.68 Å². The molecule has 1 heterocycles. The van der Waals surface area contributed by atoms with E-state index in [2.05, 4.69) is 17.0 Å². The number of nitriles is 1. The van der Waals surface area contributed by atoms with Crippen LogP contribution in [0.1, 0.15) is 25.6 Å². The first-order valence-electron chi connectivity index (χ1n) is 3.66. The van der Waals surface area contributed by atoms with E-state index in [1.807, 2.05) is 6.07 Å².